The molecule has 0 aromatic carbocycles. The van der Waals surface area contributed by atoms with Gasteiger partial charge in [-0.05, 0) is 37.0 Å². The molecule has 1 fully saturated rings. The third-order valence-electron chi connectivity index (χ3n) is 4.08. The van der Waals surface area contributed by atoms with Crippen molar-refractivity contribution in [2.24, 2.45) is 5.92 Å². The Kier molecular flexibility index (Phi) is 3.22. The van der Waals surface area contributed by atoms with Crippen molar-refractivity contribution in [3.8, 4) is 11.4 Å². The molecule has 0 aromatic rings. The first kappa shape index (κ1) is 11.6. The molecule has 2 aliphatic heterocycles. The standard InChI is InChI=1S/C15H20N2O/c18-17-10-4-7-13-11-14(16-15(13)17)9-8-12-5-2-1-3-6-12/h4,7,10-12,18H,1-3,5-6,8-9H2. The molecule has 18 heavy (non-hydrogen) atoms. The number of pyridine rings is 1. The molecule has 3 heteroatoms. The lowest BCUT2D eigenvalue weighted by atomic mass is 9.86. The number of rotatable bonds is 3. The van der Waals surface area contributed by atoms with Crippen LogP contribution in [-0.4, -0.2) is 14.9 Å². The highest BCUT2D eigenvalue weighted by Crippen LogP contribution is 2.28. The zero-order valence-corrected chi connectivity index (χ0v) is 10.7. The highest BCUT2D eigenvalue weighted by Gasteiger charge is 2.16. The number of aromatic nitrogens is 2. The predicted octanol–water partition coefficient (Wildman–Crippen LogP) is 3.74. The van der Waals surface area contributed by atoms with Crippen LogP contribution in [0.1, 0.15) is 44.2 Å². The van der Waals surface area contributed by atoms with Crippen LogP contribution in [0.3, 0.4) is 0 Å². The van der Waals surface area contributed by atoms with E-state index in [1.807, 2.05) is 12.1 Å². The van der Waals surface area contributed by atoms with Gasteiger partial charge in [-0.15, -0.1) is 0 Å². The summed E-state index contributed by atoms with van der Waals surface area (Å²) in [6, 6.07) is 5.94. The number of fused-ring (bicyclic) bond motifs is 1. The Morgan fingerprint density at radius 3 is 2.89 bits per heavy atom. The van der Waals surface area contributed by atoms with Crippen LogP contribution >= 0.6 is 0 Å². The molecule has 96 valence electrons. The molecule has 3 aliphatic rings. The van der Waals surface area contributed by atoms with Gasteiger partial charge in [0.2, 0.25) is 0 Å². The van der Waals surface area contributed by atoms with Crippen LogP contribution in [0, 0.1) is 5.92 Å². The van der Waals surface area contributed by atoms with Gasteiger partial charge >= 0.3 is 0 Å². The summed E-state index contributed by atoms with van der Waals surface area (Å²) in [7, 11) is 0. The SMILES string of the molecule is On1cccc2cc(CCC3CCCCC3)nc1-2. The summed E-state index contributed by atoms with van der Waals surface area (Å²) < 4.78 is 1.11. The smallest absolute Gasteiger partial charge is 0.175 e. The summed E-state index contributed by atoms with van der Waals surface area (Å²) >= 11 is 0. The molecule has 0 spiro atoms. The Morgan fingerprint density at radius 1 is 1.28 bits per heavy atom. The normalized spacial score (nSPS) is 17.3. The Balaban J connectivity index is 1.67. The Bertz CT molecular complexity index is 485. The average Bonchev–Trinajstić information content (AvgIpc) is 2.82. The second-order valence-electron chi connectivity index (χ2n) is 5.42. The summed E-state index contributed by atoms with van der Waals surface area (Å²) in [6.07, 6.45) is 10.9. The van der Waals surface area contributed by atoms with Crippen LogP contribution in [0.25, 0.3) is 11.4 Å². The average molecular weight is 244 g/mol. The fourth-order valence-corrected chi connectivity index (χ4v) is 3.04. The highest BCUT2D eigenvalue weighted by molar-refractivity contribution is 5.58. The van der Waals surface area contributed by atoms with Gasteiger partial charge in [0.15, 0.2) is 5.82 Å². The first-order valence-corrected chi connectivity index (χ1v) is 6.99. The maximum atomic E-state index is 9.66. The van der Waals surface area contributed by atoms with Crippen molar-refractivity contribution in [2.75, 3.05) is 0 Å². The van der Waals surface area contributed by atoms with Crippen LogP contribution in [0.4, 0.5) is 0 Å². The number of aryl methyl sites for hydroxylation is 1. The van der Waals surface area contributed by atoms with Gasteiger partial charge in [-0.2, -0.15) is 4.73 Å². The van der Waals surface area contributed by atoms with E-state index in [-0.39, 0.29) is 0 Å². The van der Waals surface area contributed by atoms with Crippen LogP contribution in [0.15, 0.2) is 24.4 Å². The van der Waals surface area contributed by atoms with E-state index in [0.717, 1.165) is 28.3 Å². The number of hydrogen-bond donors (Lipinski definition) is 1. The molecule has 0 unspecified atom stereocenters. The molecular weight excluding hydrogens is 224 g/mol. The second-order valence-corrected chi connectivity index (χ2v) is 5.42. The largest absolute Gasteiger partial charge is 0.427 e. The fourth-order valence-electron chi connectivity index (χ4n) is 3.04. The number of nitrogens with zero attached hydrogens (tertiary/aromatic N) is 2. The quantitative estimate of drug-likeness (QED) is 0.835. The Hall–Kier alpha value is -1.51. The lowest BCUT2D eigenvalue weighted by molar-refractivity contribution is 0.186. The summed E-state index contributed by atoms with van der Waals surface area (Å²) in [5.74, 6) is 1.57. The van der Waals surface area contributed by atoms with Crippen LogP contribution in [0.5, 0.6) is 0 Å². The second kappa shape index (κ2) is 5.01. The zero-order valence-electron chi connectivity index (χ0n) is 10.7. The van der Waals surface area contributed by atoms with E-state index in [1.165, 1.54) is 38.5 Å². The van der Waals surface area contributed by atoms with E-state index in [0.29, 0.717) is 5.82 Å². The minimum Gasteiger partial charge on any atom is -0.427 e. The van der Waals surface area contributed by atoms with Gasteiger partial charge in [0.05, 0.1) is 0 Å². The van der Waals surface area contributed by atoms with Crippen LogP contribution < -0.4 is 0 Å². The van der Waals surface area contributed by atoms with Crippen LogP contribution in [0.2, 0.25) is 0 Å². The molecule has 3 nitrogen and oxygen atoms in total. The topological polar surface area (TPSA) is 38.0 Å². The van der Waals surface area contributed by atoms with Gasteiger partial charge in [-0.1, -0.05) is 32.1 Å². The third-order valence-corrected chi connectivity index (χ3v) is 4.08. The zero-order chi connectivity index (χ0) is 12.4. The molecule has 0 aromatic heterocycles. The van der Waals surface area contributed by atoms with Crippen molar-refractivity contribution in [3.63, 3.8) is 0 Å². The minimum atomic E-state index is 0.677. The minimum absolute atomic E-state index is 0.677. The molecule has 3 rings (SSSR count). The maximum absolute atomic E-state index is 9.66. The molecule has 1 N–H and O–H groups in total. The van der Waals surface area contributed by atoms with Crippen molar-refractivity contribution < 1.29 is 5.21 Å². The summed E-state index contributed by atoms with van der Waals surface area (Å²) in [5, 5.41) is 9.66. The predicted molar refractivity (Wildman–Crippen MR) is 70.9 cm³/mol. The Labute approximate surface area is 108 Å². The summed E-state index contributed by atoms with van der Waals surface area (Å²) in [5.41, 5.74) is 2.14. The number of hydrogen-bond acceptors (Lipinski definition) is 2. The highest BCUT2D eigenvalue weighted by atomic mass is 16.5. The van der Waals surface area contributed by atoms with Crippen LogP contribution in [-0.2, 0) is 6.42 Å². The summed E-state index contributed by atoms with van der Waals surface area (Å²) in [4.78, 5) is 4.51. The van der Waals surface area contributed by atoms with Gasteiger partial charge in [-0.25, -0.2) is 4.98 Å². The van der Waals surface area contributed by atoms with E-state index in [2.05, 4.69) is 11.1 Å². The molecule has 0 bridgehead atoms. The van der Waals surface area contributed by atoms with Crippen molar-refractivity contribution in [1.82, 2.24) is 9.71 Å². The molecule has 1 aliphatic carbocycles. The lowest BCUT2D eigenvalue weighted by Gasteiger charge is -2.20. The molecule has 1 saturated carbocycles. The fraction of sp³-hybridized carbons (Fsp3) is 0.533. The lowest BCUT2D eigenvalue weighted by Crippen LogP contribution is -2.07. The van der Waals surface area contributed by atoms with E-state index in [1.54, 1.807) is 6.20 Å². The molecule has 0 amide bonds. The van der Waals surface area contributed by atoms with E-state index >= 15 is 0 Å². The monoisotopic (exact) mass is 244 g/mol. The first-order valence-electron chi connectivity index (χ1n) is 6.99. The third kappa shape index (κ3) is 2.35. The Morgan fingerprint density at radius 2 is 2.11 bits per heavy atom. The molecule has 0 radical (unpaired) electrons. The van der Waals surface area contributed by atoms with Gasteiger partial charge in [0.25, 0.3) is 0 Å². The van der Waals surface area contributed by atoms with Crippen molar-refractivity contribution in [1.29, 1.82) is 0 Å². The van der Waals surface area contributed by atoms with E-state index < -0.39 is 0 Å². The van der Waals surface area contributed by atoms with Crippen molar-refractivity contribution >= 4 is 0 Å². The molecule has 0 atom stereocenters. The summed E-state index contributed by atoms with van der Waals surface area (Å²) in [6.45, 7) is 0. The molecule has 0 saturated heterocycles. The van der Waals surface area contributed by atoms with Gasteiger partial charge in [0, 0.05) is 17.5 Å². The van der Waals surface area contributed by atoms with E-state index in [4.69, 9.17) is 0 Å². The van der Waals surface area contributed by atoms with E-state index in [9.17, 15) is 5.21 Å². The van der Waals surface area contributed by atoms with Gasteiger partial charge in [0.1, 0.15) is 0 Å². The maximum Gasteiger partial charge on any atom is 0.175 e. The van der Waals surface area contributed by atoms with Gasteiger partial charge in [-0.3, -0.25) is 0 Å². The first-order chi connectivity index (χ1) is 8.83. The molecular formula is C15H20N2O. The van der Waals surface area contributed by atoms with Gasteiger partial charge < -0.3 is 5.21 Å². The van der Waals surface area contributed by atoms with Crippen molar-refractivity contribution in [3.05, 3.63) is 30.1 Å². The van der Waals surface area contributed by atoms with Crippen molar-refractivity contribution in [2.45, 2.75) is 44.9 Å². The molecule has 2 heterocycles.